The number of rotatable bonds is 11. The van der Waals surface area contributed by atoms with E-state index in [4.69, 9.17) is 51.5 Å². The SMILES string of the molecule is [N-]=[N+]=NCC(CN=[N+]=[N-])CN(N)[C@H](CN=[N+]=[N-])C(=O)N(N)C1=C(Cl)NC(Cl)C=C1. The number of hydrazine groups is 2. The van der Waals surface area contributed by atoms with Crippen molar-refractivity contribution in [1.29, 1.82) is 0 Å². The number of nitrogens with zero attached hydrogens (tertiary/aromatic N) is 11. The summed E-state index contributed by atoms with van der Waals surface area (Å²) in [5.41, 5.74) is 25.2. The molecular formula is C12H18Cl2N14O. The molecule has 0 bridgehead atoms. The van der Waals surface area contributed by atoms with E-state index in [1.807, 2.05) is 0 Å². The zero-order valence-corrected chi connectivity index (χ0v) is 16.5. The maximum Gasteiger partial charge on any atom is 0.260 e. The molecule has 1 aliphatic heterocycles. The third-order valence-electron chi connectivity index (χ3n) is 3.69. The van der Waals surface area contributed by atoms with E-state index < -0.39 is 23.4 Å². The predicted octanol–water partition coefficient (Wildman–Crippen LogP) is 1.91. The van der Waals surface area contributed by atoms with E-state index in [1.165, 1.54) is 12.2 Å². The molecule has 1 rings (SSSR count). The first-order valence-electron chi connectivity index (χ1n) is 7.96. The molecule has 0 spiro atoms. The summed E-state index contributed by atoms with van der Waals surface area (Å²) in [6, 6.07) is -1.17. The number of amides is 1. The van der Waals surface area contributed by atoms with E-state index in [0.717, 1.165) is 10.0 Å². The minimum Gasteiger partial charge on any atom is -0.355 e. The van der Waals surface area contributed by atoms with Crippen LogP contribution in [0.2, 0.25) is 0 Å². The molecule has 0 aromatic rings. The van der Waals surface area contributed by atoms with Gasteiger partial charge in [-0.05, 0) is 34.7 Å². The lowest BCUT2D eigenvalue weighted by Gasteiger charge is -2.32. The Kier molecular flexibility index (Phi) is 10.5. The summed E-state index contributed by atoms with van der Waals surface area (Å²) in [6.07, 6.45) is 2.97. The molecule has 0 saturated carbocycles. The Morgan fingerprint density at radius 2 is 1.72 bits per heavy atom. The molecule has 0 fully saturated rings. The van der Waals surface area contributed by atoms with Gasteiger partial charge in [-0.15, -0.1) is 0 Å². The summed E-state index contributed by atoms with van der Waals surface area (Å²) >= 11 is 11.9. The monoisotopic (exact) mass is 444 g/mol. The highest BCUT2D eigenvalue weighted by Crippen LogP contribution is 2.19. The maximum absolute atomic E-state index is 12.9. The predicted molar refractivity (Wildman–Crippen MR) is 106 cm³/mol. The highest BCUT2D eigenvalue weighted by atomic mass is 35.5. The van der Waals surface area contributed by atoms with Gasteiger partial charge >= 0.3 is 0 Å². The summed E-state index contributed by atoms with van der Waals surface area (Å²) in [6.45, 7) is -0.416. The van der Waals surface area contributed by atoms with Crippen molar-refractivity contribution in [2.75, 3.05) is 26.2 Å². The Bertz CT molecular complexity index is 774. The number of nitrogens with one attached hydrogen (secondary N) is 1. The lowest BCUT2D eigenvalue weighted by Crippen LogP contribution is -2.56. The van der Waals surface area contributed by atoms with Crippen LogP contribution >= 0.6 is 23.2 Å². The zero-order chi connectivity index (χ0) is 21.8. The Balaban J connectivity index is 3.03. The number of allylic oxidation sites excluding steroid dienone is 1. The van der Waals surface area contributed by atoms with Crippen LogP contribution in [0.4, 0.5) is 0 Å². The van der Waals surface area contributed by atoms with Gasteiger partial charge in [-0.3, -0.25) is 10.6 Å². The van der Waals surface area contributed by atoms with E-state index in [0.29, 0.717) is 0 Å². The van der Waals surface area contributed by atoms with Gasteiger partial charge in [0.05, 0.1) is 12.2 Å². The van der Waals surface area contributed by atoms with E-state index in [9.17, 15) is 4.79 Å². The van der Waals surface area contributed by atoms with Crippen LogP contribution in [0.25, 0.3) is 31.3 Å². The average molecular weight is 445 g/mol. The van der Waals surface area contributed by atoms with Gasteiger partial charge in [0.1, 0.15) is 16.7 Å². The van der Waals surface area contributed by atoms with Crippen molar-refractivity contribution >= 4 is 29.1 Å². The van der Waals surface area contributed by atoms with Crippen LogP contribution in [-0.4, -0.2) is 53.6 Å². The lowest BCUT2D eigenvalue weighted by molar-refractivity contribution is -0.135. The Morgan fingerprint density at radius 1 is 1.17 bits per heavy atom. The normalized spacial score (nSPS) is 17.3. The van der Waals surface area contributed by atoms with Crippen molar-refractivity contribution in [3.8, 4) is 0 Å². The molecule has 1 heterocycles. The molecule has 0 aliphatic carbocycles. The van der Waals surface area contributed by atoms with Crippen molar-refractivity contribution in [3.63, 3.8) is 0 Å². The van der Waals surface area contributed by atoms with Gasteiger partial charge in [0.25, 0.3) is 5.91 Å². The summed E-state index contributed by atoms with van der Waals surface area (Å²) in [4.78, 5) is 20.8. The van der Waals surface area contributed by atoms with Gasteiger partial charge in [-0.2, -0.15) is 0 Å². The van der Waals surface area contributed by atoms with E-state index in [1.54, 1.807) is 0 Å². The van der Waals surface area contributed by atoms with Gasteiger partial charge in [-0.1, -0.05) is 38.5 Å². The molecule has 29 heavy (non-hydrogen) atoms. The quantitative estimate of drug-likeness (QED) is 0.0629. The summed E-state index contributed by atoms with van der Waals surface area (Å²) in [5, 5.41) is 14.8. The van der Waals surface area contributed by atoms with Crippen LogP contribution in [-0.2, 0) is 4.79 Å². The second-order valence-electron chi connectivity index (χ2n) is 5.63. The molecule has 1 aliphatic rings. The standard InChI is InChI=1S/C12H18Cl2N14O/c13-10-2-1-8(11(14)23-10)28(19)12(29)9(5-22-26-17)27(18)6-7(3-20-24-15)4-21-25-16/h1-2,7,9-10,23H,3-6,18-19H2/t9-,10?/m1/s1. The lowest BCUT2D eigenvalue weighted by atomic mass is 10.1. The molecular weight excluding hydrogens is 427 g/mol. The van der Waals surface area contributed by atoms with E-state index in [2.05, 4.69) is 35.4 Å². The second kappa shape index (κ2) is 12.6. The first kappa shape index (κ1) is 24.2. The number of carbonyl (C=O) groups is 1. The number of halogens is 2. The molecule has 15 nitrogen and oxygen atoms in total. The second-order valence-corrected chi connectivity index (χ2v) is 6.48. The Labute approximate surface area is 174 Å². The number of hydrogen-bond donors (Lipinski definition) is 3. The first-order chi connectivity index (χ1) is 13.8. The molecule has 1 unspecified atom stereocenters. The van der Waals surface area contributed by atoms with Crippen LogP contribution < -0.4 is 17.0 Å². The molecule has 0 saturated heterocycles. The minimum atomic E-state index is -1.17. The van der Waals surface area contributed by atoms with Crippen molar-refractivity contribution in [1.82, 2.24) is 15.3 Å². The van der Waals surface area contributed by atoms with Crippen molar-refractivity contribution in [2.45, 2.75) is 11.5 Å². The smallest absolute Gasteiger partial charge is 0.260 e. The molecule has 0 aromatic carbocycles. The fourth-order valence-electron chi connectivity index (χ4n) is 2.30. The number of dihydropyridines is 1. The van der Waals surface area contributed by atoms with Gasteiger partial charge < -0.3 is 5.32 Å². The number of azide groups is 3. The first-order valence-corrected chi connectivity index (χ1v) is 8.78. The molecule has 156 valence electrons. The Hall–Kier alpha value is -2.86. The van der Waals surface area contributed by atoms with E-state index >= 15 is 0 Å². The van der Waals surface area contributed by atoms with Crippen molar-refractivity contribution < 1.29 is 4.79 Å². The van der Waals surface area contributed by atoms with Gasteiger partial charge in [0.2, 0.25) is 0 Å². The highest BCUT2D eigenvalue weighted by molar-refractivity contribution is 6.31. The van der Waals surface area contributed by atoms with Gasteiger partial charge in [0, 0.05) is 34.4 Å². The van der Waals surface area contributed by atoms with Crippen LogP contribution in [0.5, 0.6) is 0 Å². The zero-order valence-electron chi connectivity index (χ0n) is 15.0. The van der Waals surface area contributed by atoms with Gasteiger partial charge in [0.15, 0.2) is 0 Å². The third kappa shape index (κ3) is 7.58. The number of carbonyl (C=O) groups excluding carboxylic acids is 1. The number of hydrogen-bond acceptors (Lipinski definition) is 8. The number of alkyl halides is 1. The molecule has 17 heteroatoms. The van der Waals surface area contributed by atoms with Crippen LogP contribution in [0, 0.1) is 5.92 Å². The molecule has 1 amide bonds. The van der Waals surface area contributed by atoms with E-state index in [-0.39, 0.29) is 37.0 Å². The average Bonchev–Trinajstić information content (AvgIpc) is 2.69. The summed E-state index contributed by atoms with van der Waals surface area (Å²) in [7, 11) is 0. The van der Waals surface area contributed by atoms with Crippen molar-refractivity contribution in [2.24, 2.45) is 32.9 Å². The molecule has 2 atom stereocenters. The Morgan fingerprint density at radius 3 is 2.24 bits per heavy atom. The fraction of sp³-hybridized carbons (Fsp3) is 0.583. The van der Waals surface area contributed by atoms with Crippen molar-refractivity contribution in [3.05, 3.63) is 54.3 Å². The number of nitrogens with two attached hydrogens (primary N) is 2. The topological polar surface area (TPSA) is 234 Å². The maximum atomic E-state index is 12.9. The molecule has 5 N–H and O–H groups in total. The highest BCUT2D eigenvalue weighted by Gasteiger charge is 2.31. The fourth-order valence-corrected chi connectivity index (χ4v) is 2.81. The molecule has 0 radical (unpaired) electrons. The van der Waals surface area contributed by atoms with Crippen LogP contribution in [0.15, 0.2) is 38.3 Å². The summed E-state index contributed by atoms with van der Waals surface area (Å²) in [5.74, 6) is 10.7. The van der Waals surface area contributed by atoms with Crippen LogP contribution in [0.1, 0.15) is 0 Å². The van der Waals surface area contributed by atoms with Crippen LogP contribution in [0.3, 0.4) is 0 Å². The minimum absolute atomic E-state index is 0.0200. The van der Waals surface area contributed by atoms with Gasteiger partial charge in [-0.25, -0.2) is 15.9 Å². The molecule has 0 aromatic heterocycles. The largest absolute Gasteiger partial charge is 0.355 e. The third-order valence-corrected chi connectivity index (χ3v) is 4.25. The summed E-state index contributed by atoms with van der Waals surface area (Å²) < 4.78 is 0.